The molecule has 0 bridgehead atoms. The van der Waals surface area contributed by atoms with Gasteiger partial charge in [0, 0.05) is 60.6 Å². The summed E-state index contributed by atoms with van der Waals surface area (Å²) in [6.45, 7) is 1.55. The highest BCUT2D eigenvalue weighted by Crippen LogP contribution is 2.54. The zero-order valence-electron chi connectivity index (χ0n) is 28.3. The van der Waals surface area contributed by atoms with Crippen LogP contribution in [0.2, 0.25) is 0 Å². The van der Waals surface area contributed by atoms with E-state index in [0.29, 0.717) is 37.1 Å². The Bertz CT molecular complexity index is 2100. The molecule has 3 atom stereocenters. The first-order valence-electron chi connectivity index (χ1n) is 17.7. The lowest BCUT2D eigenvalue weighted by atomic mass is 9.69. The number of alkyl halides is 3. The van der Waals surface area contributed by atoms with Crippen molar-refractivity contribution in [3.63, 3.8) is 0 Å². The molecular weight excluding hydrogens is 685 g/mol. The topological polar surface area (TPSA) is 115 Å². The monoisotopic (exact) mass is 723 g/mol. The van der Waals surface area contributed by atoms with Gasteiger partial charge in [0.1, 0.15) is 28.6 Å². The maximum atomic E-state index is 16.9. The van der Waals surface area contributed by atoms with Crippen LogP contribution in [0.15, 0.2) is 30.5 Å². The van der Waals surface area contributed by atoms with Crippen molar-refractivity contribution in [2.75, 3.05) is 31.1 Å². The molecule has 3 N–H and O–H groups in total. The van der Waals surface area contributed by atoms with E-state index < -0.39 is 34.9 Å². The second kappa shape index (κ2) is 12.7. The largest absolute Gasteiger partial charge is 0.508 e. The fourth-order valence-electron chi connectivity index (χ4n) is 9.19. The van der Waals surface area contributed by atoms with E-state index in [1.807, 2.05) is 4.90 Å². The molecule has 0 amide bonds. The molecule has 8 rings (SSSR count). The number of piperidine rings is 2. The molecule has 274 valence electrons. The van der Waals surface area contributed by atoms with E-state index in [-0.39, 0.29) is 82.9 Å². The quantitative estimate of drug-likeness (QED) is 0.157. The van der Waals surface area contributed by atoms with Crippen LogP contribution in [0.25, 0.3) is 32.9 Å². The van der Waals surface area contributed by atoms with Gasteiger partial charge in [-0.1, -0.05) is 18.4 Å². The molecule has 0 spiro atoms. The van der Waals surface area contributed by atoms with Crippen LogP contribution in [0.4, 0.5) is 27.8 Å². The van der Waals surface area contributed by atoms with Crippen molar-refractivity contribution in [3.05, 3.63) is 47.7 Å². The number of benzene rings is 2. The molecule has 0 radical (unpaired) electrons. The maximum absolute atomic E-state index is 16.9. The standard InChI is InChI=1S/C38H38F5N5O4/c1-2-25-28(39)9-8-21-14-24(50)15-26(30(21)25)32-31(40)33-27(18-44-32)34(47-12-4-6-23(49)19-47)46-35(45-33)52-20-36-10-3-7-29(36)48(13-5-11-36)22-16-37(51,17-22)38(41,42)43/h1,8-9,14-15,18,22-23,29,49-51H,3-7,10-13,16-17,19-20H2. The molecule has 2 saturated heterocycles. The molecule has 52 heavy (non-hydrogen) atoms. The number of terminal acetylenes is 1. The van der Waals surface area contributed by atoms with E-state index in [0.717, 1.165) is 32.1 Å². The lowest BCUT2D eigenvalue weighted by Crippen LogP contribution is -2.66. The van der Waals surface area contributed by atoms with Crippen LogP contribution in [-0.2, 0) is 0 Å². The Morgan fingerprint density at radius 1 is 1.04 bits per heavy atom. The minimum Gasteiger partial charge on any atom is -0.508 e. The minimum atomic E-state index is -4.68. The van der Waals surface area contributed by atoms with Gasteiger partial charge in [0.05, 0.1) is 23.7 Å². The van der Waals surface area contributed by atoms with E-state index in [2.05, 4.69) is 20.8 Å². The molecule has 4 fully saturated rings. The second-order valence-corrected chi connectivity index (χ2v) is 14.9. The molecular formula is C38H38F5N5O4. The Balaban J connectivity index is 1.17. The molecule has 4 aromatic rings. The molecule has 9 nitrogen and oxygen atoms in total. The molecule has 2 aliphatic heterocycles. The van der Waals surface area contributed by atoms with Crippen LogP contribution in [0, 0.1) is 29.4 Å². The first-order chi connectivity index (χ1) is 24.8. The number of aliphatic hydroxyl groups excluding tert-OH is 1. The van der Waals surface area contributed by atoms with Crippen molar-refractivity contribution in [3.8, 4) is 35.4 Å². The number of anilines is 1. The van der Waals surface area contributed by atoms with Gasteiger partial charge >= 0.3 is 12.2 Å². The number of fused-ring (bicyclic) bond motifs is 3. The summed E-state index contributed by atoms with van der Waals surface area (Å²) >= 11 is 0. The predicted octanol–water partition coefficient (Wildman–Crippen LogP) is 6.24. The smallest absolute Gasteiger partial charge is 0.417 e. The highest BCUT2D eigenvalue weighted by Gasteiger charge is 2.64. The number of pyridine rings is 1. The number of phenols is 1. The summed E-state index contributed by atoms with van der Waals surface area (Å²) in [6, 6.07) is 4.73. The molecule has 3 unspecified atom stereocenters. The first kappa shape index (κ1) is 34.7. The zero-order valence-corrected chi connectivity index (χ0v) is 28.3. The first-order valence-corrected chi connectivity index (χ1v) is 17.7. The van der Waals surface area contributed by atoms with Gasteiger partial charge in [0.2, 0.25) is 0 Å². The number of aromatic nitrogens is 3. The predicted molar refractivity (Wildman–Crippen MR) is 183 cm³/mol. The Labute approximate surface area is 296 Å². The molecule has 2 aromatic carbocycles. The van der Waals surface area contributed by atoms with Gasteiger partial charge in [-0.05, 0) is 68.7 Å². The SMILES string of the molecule is C#Cc1c(F)ccc2cc(O)cc(-c3ncc4c(N5CCCC(O)C5)nc(OCC56CCCC5N(C5CC(O)(C(F)(F)F)C5)CCC6)nc4c3F)c12. The van der Waals surface area contributed by atoms with Crippen LogP contribution in [0.3, 0.4) is 0 Å². The summed E-state index contributed by atoms with van der Waals surface area (Å²) in [5.41, 5.74) is -3.46. The highest BCUT2D eigenvalue weighted by atomic mass is 19.4. The number of likely N-dealkylation sites (tertiary alicyclic amines) is 1. The number of ether oxygens (including phenoxy) is 1. The van der Waals surface area contributed by atoms with Gasteiger partial charge in [0.15, 0.2) is 11.4 Å². The highest BCUT2D eigenvalue weighted by molar-refractivity contribution is 6.03. The molecule has 14 heteroatoms. The normalized spacial score (nSPS) is 28.1. The second-order valence-electron chi connectivity index (χ2n) is 14.9. The van der Waals surface area contributed by atoms with Gasteiger partial charge in [-0.3, -0.25) is 9.88 Å². The van der Waals surface area contributed by atoms with Crippen molar-refractivity contribution in [1.82, 2.24) is 19.9 Å². The number of hydrogen-bond donors (Lipinski definition) is 3. The number of nitrogens with zero attached hydrogens (tertiary/aromatic N) is 5. The van der Waals surface area contributed by atoms with Gasteiger partial charge in [-0.15, -0.1) is 6.42 Å². The number of rotatable bonds is 6. The summed E-state index contributed by atoms with van der Waals surface area (Å²) in [5.74, 6) is 0.891. The third-order valence-corrected chi connectivity index (χ3v) is 11.8. The van der Waals surface area contributed by atoms with Crippen LogP contribution >= 0.6 is 0 Å². The average molecular weight is 724 g/mol. The van der Waals surface area contributed by atoms with Crippen molar-refractivity contribution in [2.45, 2.75) is 87.8 Å². The molecule has 4 heterocycles. The van der Waals surface area contributed by atoms with Crippen molar-refractivity contribution in [1.29, 1.82) is 0 Å². The van der Waals surface area contributed by atoms with E-state index >= 15 is 4.39 Å². The van der Waals surface area contributed by atoms with E-state index in [9.17, 15) is 32.9 Å². The molecule has 2 aliphatic carbocycles. The molecule has 2 saturated carbocycles. The number of phenolic OH excluding ortho intramolecular Hbond substituents is 1. The lowest BCUT2D eigenvalue weighted by Gasteiger charge is -2.55. The lowest BCUT2D eigenvalue weighted by molar-refractivity contribution is -0.303. The van der Waals surface area contributed by atoms with Gasteiger partial charge in [-0.25, -0.2) is 8.78 Å². The summed E-state index contributed by atoms with van der Waals surface area (Å²) in [4.78, 5) is 17.6. The summed E-state index contributed by atoms with van der Waals surface area (Å²) < 4.78 is 78.6. The van der Waals surface area contributed by atoms with E-state index in [4.69, 9.17) is 16.1 Å². The zero-order chi connectivity index (χ0) is 36.6. The molecule has 4 aliphatic rings. The average Bonchev–Trinajstić information content (AvgIpc) is 3.53. The van der Waals surface area contributed by atoms with Gasteiger partial charge in [0.25, 0.3) is 0 Å². The van der Waals surface area contributed by atoms with Crippen LogP contribution in [0.1, 0.15) is 63.4 Å². The van der Waals surface area contributed by atoms with Crippen molar-refractivity contribution in [2.24, 2.45) is 5.41 Å². The maximum Gasteiger partial charge on any atom is 0.417 e. The fourth-order valence-corrected chi connectivity index (χ4v) is 9.19. The van der Waals surface area contributed by atoms with Crippen LogP contribution in [0.5, 0.6) is 11.8 Å². The van der Waals surface area contributed by atoms with Crippen LogP contribution < -0.4 is 9.64 Å². The third kappa shape index (κ3) is 5.68. The van der Waals surface area contributed by atoms with Gasteiger partial charge < -0.3 is 25.0 Å². The fraction of sp³-hybridized carbons (Fsp3) is 0.500. The Morgan fingerprint density at radius 2 is 1.83 bits per heavy atom. The summed E-state index contributed by atoms with van der Waals surface area (Å²) in [5, 5.41) is 32.1. The number of aliphatic hydroxyl groups is 2. The van der Waals surface area contributed by atoms with Crippen molar-refractivity contribution < 1.29 is 42.0 Å². The Kier molecular flexibility index (Phi) is 8.47. The summed E-state index contributed by atoms with van der Waals surface area (Å²) in [6.07, 6.45) is 6.26. The Morgan fingerprint density at radius 3 is 2.58 bits per heavy atom. The number of halogens is 5. The Hall–Kier alpha value is -4.32. The van der Waals surface area contributed by atoms with E-state index in [1.165, 1.54) is 30.5 Å². The van der Waals surface area contributed by atoms with E-state index in [1.54, 1.807) is 0 Å². The number of hydrogen-bond acceptors (Lipinski definition) is 9. The van der Waals surface area contributed by atoms with Crippen LogP contribution in [-0.4, -0.2) is 91.4 Å². The number of aromatic hydroxyl groups is 1. The third-order valence-electron chi connectivity index (χ3n) is 11.8. The minimum absolute atomic E-state index is 0.0569. The van der Waals surface area contributed by atoms with Gasteiger partial charge in [-0.2, -0.15) is 23.1 Å². The summed E-state index contributed by atoms with van der Waals surface area (Å²) in [7, 11) is 0. The van der Waals surface area contributed by atoms with Crippen molar-refractivity contribution >= 4 is 27.5 Å². The number of β-amino-alcohol motifs (C(OH)–C–C–N with tert-alkyl or cyclic N) is 1. The molecule has 2 aromatic heterocycles.